The molecule has 1 fully saturated rings. The summed E-state index contributed by atoms with van der Waals surface area (Å²) in [4.78, 5) is 31.9. The second-order valence-electron chi connectivity index (χ2n) is 5.55. The highest BCUT2D eigenvalue weighted by Crippen LogP contribution is 2.21. The van der Waals surface area contributed by atoms with E-state index in [4.69, 9.17) is 0 Å². The van der Waals surface area contributed by atoms with E-state index in [1.54, 1.807) is 6.07 Å². The van der Waals surface area contributed by atoms with E-state index >= 15 is 0 Å². The zero-order valence-electron chi connectivity index (χ0n) is 12.9. The molecule has 1 aliphatic rings. The Hall–Kier alpha value is -2.76. The van der Waals surface area contributed by atoms with Crippen molar-refractivity contribution in [2.24, 2.45) is 0 Å². The molecule has 1 aromatic heterocycles. The number of rotatable bonds is 2. The number of aryl methyl sites for hydroxylation is 2. The molecule has 0 unspecified atom stereocenters. The minimum absolute atomic E-state index is 0.161. The molecule has 3 rings (SSSR count). The summed E-state index contributed by atoms with van der Waals surface area (Å²) in [6, 6.07) is 8.63. The van der Waals surface area contributed by atoms with Crippen LogP contribution in [-0.4, -0.2) is 34.9 Å². The summed E-state index contributed by atoms with van der Waals surface area (Å²) in [6.45, 7) is 4.40. The first-order chi connectivity index (χ1) is 11.0. The summed E-state index contributed by atoms with van der Waals surface area (Å²) in [5, 5.41) is 0. The Kier molecular flexibility index (Phi) is 3.82. The second-order valence-corrected chi connectivity index (χ2v) is 5.55. The summed E-state index contributed by atoms with van der Waals surface area (Å²) in [5.74, 6) is -0.473. The van der Waals surface area contributed by atoms with Crippen LogP contribution in [0.4, 0.5) is 15.0 Å². The summed E-state index contributed by atoms with van der Waals surface area (Å²) >= 11 is 0. The summed E-state index contributed by atoms with van der Waals surface area (Å²) < 4.78 is 13.3. The molecule has 0 aliphatic carbocycles. The normalized spacial score (nSPS) is 14.5. The van der Waals surface area contributed by atoms with Gasteiger partial charge in [0.1, 0.15) is 11.6 Å². The molecule has 0 atom stereocenters. The lowest BCUT2D eigenvalue weighted by Gasteiger charge is -2.17. The molecule has 23 heavy (non-hydrogen) atoms. The van der Waals surface area contributed by atoms with Gasteiger partial charge in [-0.2, -0.15) is 0 Å². The highest BCUT2D eigenvalue weighted by Gasteiger charge is 2.35. The number of hydrogen-bond acceptors (Lipinski definition) is 3. The maximum atomic E-state index is 13.3. The van der Waals surface area contributed by atoms with E-state index in [2.05, 4.69) is 4.98 Å². The van der Waals surface area contributed by atoms with Gasteiger partial charge >= 0.3 is 6.03 Å². The zero-order valence-corrected chi connectivity index (χ0v) is 12.9. The Morgan fingerprint density at radius 3 is 2.65 bits per heavy atom. The van der Waals surface area contributed by atoms with Crippen LogP contribution in [0.2, 0.25) is 0 Å². The molecule has 5 nitrogen and oxygen atoms in total. The predicted molar refractivity (Wildman–Crippen MR) is 83.9 cm³/mol. The van der Waals surface area contributed by atoms with Crippen molar-refractivity contribution in [3.8, 4) is 0 Å². The lowest BCUT2D eigenvalue weighted by atomic mass is 10.2. The Labute approximate surface area is 133 Å². The van der Waals surface area contributed by atoms with Crippen LogP contribution in [0.1, 0.15) is 21.6 Å². The number of carbonyl (C=O) groups is 2. The number of amides is 3. The first-order valence-electron chi connectivity index (χ1n) is 7.30. The summed E-state index contributed by atoms with van der Waals surface area (Å²) in [7, 11) is 0. The Bertz CT molecular complexity index is 771. The van der Waals surface area contributed by atoms with Gasteiger partial charge < -0.3 is 0 Å². The number of halogens is 1. The lowest BCUT2D eigenvalue weighted by Crippen LogP contribution is -2.36. The number of aromatic nitrogens is 1. The fourth-order valence-electron chi connectivity index (χ4n) is 2.67. The van der Waals surface area contributed by atoms with Crippen molar-refractivity contribution < 1.29 is 14.0 Å². The predicted octanol–water partition coefficient (Wildman–Crippen LogP) is 2.92. The van der Waals surface area contributed by atoms with Crippen molar-refractivity contribution >= 4 is 17.8 Å². The van der Waals surface area contributed by atoms with Crippen LogP contribution >= 0.6 is 0 Å². The van der Waals surface area contributed by atoms with E-state index in [0.717, 1.165) is 22.2 Å². The SMILES string of the molecule is Cc1cc(C)nc(N2CCN(C(=O)c3cccc(F)c3)C2=O)c1. The maximum absolute atomic E-state index is 13.3. The number of hydrogen-bond donors (Lipinski definition) is 0. The minimum atomic E-state index is -0.504. The molecule has 118 valence electrons. The van der Waals surface area contributed by atoms with E-state index in [1.165, 1.54) is 23.1 Å². The van der Waals surface area contributed by atoms with Gasteiger partial charge in [0.05, 0.1) is 0 Å². The van der Waals surface area contributed by atoms with Crippen molar-refractivity contribution in [3.05, 3.63) is 59.0 Å². The van der Waals surface area contributed by atoms with Crippen molar-refractivity contribution in [3.63, 3.8) is 0 Å². The maximum Gasteiger partial charge on any atom is 0.332 e. The van der Waals surface area contributed by atoms with E-state index in [9.17, 15) is 14.0 Å². The fraction of sp³-hybridized carbons (Fsp3) is 0.235. The van der Waals surface area contributed by atoms with Gasteiger partial charge in [-0.15, -0.1) is 0 Å². The lowest BCUT2D eigenvalue weighted by molar-refractivity contribution is 0.0829. The third kappa shape index (κ3) is 2.92. The number of carbonyl (C=O) groups excluding carboxylic acids is 2. The van der Waals surface area contributed by atoms with Crippen LogP contribution in [0.3, 0.4) is 0 Å². The van der Waals surface area contributed by atoms with E-state index in [1.807, 2.05) is 19.9 Å². The molecule has 6 heteroatoms. The fourth-order valence-corrected chi connectivity index (χ4v) is 2.67. The average Bonchev–Trinajstić information content (AvgIpc) is 2.87. The number of anilines is 1. The Balaban J connectivity index is 1.85. The highest BCUT2D eigenvalue weighted by molar-refractivity contribution is 6.10. The largest absolute Gasteiger partial charge is 0.332 e. The summed E-state index contributed by atoms with van der Waals surface area (Å²) in [6.07, 6.45) is 0. The van der Waals surface area contributed by atoms with Crippen LogP contribution in [0.15, 0.2) is 36.4 Å². The van der Waals surface area contributed by atoms with Gasteiger partial charge in [0.2, 0.25) is 0 Å². The quantitative estimate of drug-likeness (QED) is 0.856. The van der Waals surface area contributed by atoms with Crippen molar-refractivity contribution in [2.45, 2.75) is 13.8 Å². The number of benzene rings is 1. The molecule has 0 N–H and O–H groups in total. The molecular formula is C17H16FN3O2. The van der Waals surface area contributed by atoms with E-state index < -0.39 is 17.8 Å². The molecule has 0 radical (unpaired) electrons. The topological polar surface area (TPSA) is 53.5 Å². The molecule has 0 saturated carbocycles. The van der Waals surface area contributed by atoms with E-state index in [-0.39, 0.29) is 12.1 Å². The third-order valence-corrected chi connectivity index (χ3v) is 3.69. The monoisotopic (exact) mass is 313 g/mol. The molecule has 3 amide bonds. The van der Waals surface area contributed by atoms with E-state index in [0.29, 0.717) is 12.4 Å². The number of pyridine rings is 1. The third-order valence-electron chi connectivity index (χ3n) is 3.69. The van der Waals surface area contributed by atoms with Crippen molar-refractivity contribution in [2.75, 3.05) is 18.0 Å². The van der Waals surface area contributed by atoms with Gasteiger partial charge in [-0.25, -0.2) is 14.2 Å². The number of imide groups is 1. The number of nitrogens with zero attached hydrogens (tertiary/aromatic N) is 3. The Morgan fingerprint density at radius 1 is 1.17 bits per heavy atom. The zero-order chi connectivity index (χ0) is 16.6. The van der Waals surface area contributed by atoms with Crippen LogP contribution in [0.5, 0.6) is 0 Å². The van der Waals surface area contributed by atoms with Crippen LogP contribution < -0.4 is 4.90 Å². The molecule has 2 aromatic rings. The summed E-state index contributed by atoms with van der Waals surface area (Å²) in [5.41, 5.74) is 1.96. The first-order valence-corrected chi connectivity index (χ1v) is 7.30. The van der Waals surface area contributed by atoms with Gasteiger partial charge in [-0.1, -0.05) is 6.07 Å². The van der Waals surface area contributed by atoms with Gasteiger partial charge in [0, 0.05) is 24.3 Å². The molecule has 2 heterocycles. The van der Waals surface area contributed by atoms with Crippen molar-refractivity contribution in [1.29, 1.82) is 0 Å². The minimum Gasteiger partial charge on any atom is -0.276 e. The molecule has 1 aromatic carbocycles. The first kappa shape index (κ1) is 15.1. The average molecular weight is 313 g/mol. The molecular weight excluding hydrogens is 297 g/mol. The number of urea groups is 1. The van der Waals surface area contributed by atoms with Gasteiger partial charge in [-0.3, -0.25) is 14.6 Å². The standard InChI is InChI=1S/C17H16FN3O2/c1-11-8-12(2)19-15(9-11)20-6-7-21(17(20)23)16(22)13-4-3-5-14(18)10-13/h3-5,8-10H,6-7H2,1-2H3. The molecule has 0 bridgehead atoms. The van der Waals surface area contributed by atoms with Crippen LogP contribution in [-0.2, 0) is 0 Å². The van der Waals surface area contributed by atoms with Gasteiger partial charge in [0.25, 0.3) is 5.91 Å². The molecule has 1 saturated heterocycles. The van der Waals surface area contributed by atoms with Gasteiger partial charge in [0.15, 0.2) is 0 Å². The smallest absolute Gasteiger partial charge is 0.276 e. The van der Waals surface area contributed by atoms with Gasteiger partial charge in [-0.05, 0) is 49.7 Å². The second kappa shape index (κ2) is 5.79. The molecule has 1 aliphatic heterocycles. The highest BCUT2D eigenvalue weighted by atomic mass is 19.1. The van der Waals surface area contributed by atoms with Crippen molar-refractivity contribution in [1.82, 2.24) is 9.88 Å². The van der Waals surface area contributed by atoms with Crippen LogP contribution in [0.25, 0.3) is 0 Å². The molecule has 0 spiro atoms. The Morgan fingerprint density at radius 2 is 1.96 bits per heavy atom. The van der Waals surface area contributed by atoms with Crippen LogP contribution in [0, 0.1) is 19.7 Å².